The van der Waals surface area contributed by atoms with E-state index in [4.69, 9.17) is 4.74 Å². The molecular formula is C18H20N2O2S. The zero-order valence-corrected chi connectivity index (χ0v) is 14.0. The number of hydrogen-bond acceptors (Lipinski definition) is 4. The van der Waals surface area contributed by atoms with E-state index >= 15 is 0 Å². The van der Waals surface area contributed by atoms with Gasteiger partial charge in [-0.1, -0.05) is 30.3 Å². The van der Waals surface area contributed by atoms with Gasteiger partial charge in [0.05, 0.1) is 17.8 Å². The van der Waals surface area contributed by atoms with Crippen LogP contribution in [0.3, 0.4) is 0 Å². The zero-order chi connectivity index (χ0) is 15.8. The van der Waals surface area contributed by atoms with Gasteiger partial charge in [-0.25, -0.2) is 4.98 Å². The van der Waals surface area contributed by atoms with Crippen LogP contribution >= 0.6 is 11.3 Å². The number of ether oxygens (including phenoxy) is 1. The quantitative estimate of drug-likeness (QED) is 0.851. The molecular weight excluding hydrogens is 308 g/mol. The summed E-state index contributed by atoms with van der Waals surface area (Å²) in [7, 11) is 0. The molecule has 1 amide bonds. The van der Waals surface area contributed by atoms with E-state index in [1.165, 1.54) is 16.9 Å². The second-order valence-electron chi connectivity index (χ2n) is 6.34. The molecule has 3 atom stereocenters. The van der Waals surface area contributed by atoms with Gasteiger partial charge in [-0.2, -0.15) is 0 Å². The van der Waals surface area contributed by atoms with Gasteiger partial charge in [0.25, 0.3) is 5.91 Å². The number of benzene rings is 1. The molecule has 0 radical (unpaired) electrons. The molecule has 3 heterocycles. The van der Waals surface area contributed by atoms with Gasteiger partial charge in [-0.3, -0.25) is 4.79 Å². The Hall–Kier alpha value is -1.72. The van der Waals surface area contributed by atoms with Crippen molar-refractivity contribution in [1.82, 2.24) is 9.88 Å². The number of carbonyl (C=O) groups excluding carboxylic acids is 1. The number of amides is 1. The van der Waals surface area contributed by atoms with Crippen LogP contribution in [0.5, 0.6) is 0 Å². The topological polar surface area (TPSA) is 42.4 Å². The smallest absolute Gasteiger partial charge is 0.266 e. The van der Waals surface area contributed by atoms with Gasteiger partial charge in [0.15, 0.2) is 0 Å². The summed E-state index contributed by atoms with van der Waals surface area (Å²) in [5.41, 5.74) is 3.91. The lowest BCUT2D eigenvalue weighted by Crippen LogP contribution is -2.42. The van der Waals surface area contributed by atoms with Gasteiger partial charge in [-0.05, 0) is 18.9 Å². The molecule has 0 aliphatic carbocycles. The van der Waals surface area contributed by atoms with Crippen molar-refractivity contribution in [3.63, 3.8) is 0 Å². The Morgan fingerprint density at radius 3 is 2.91 bits per heavy atom. The Morgan fingerprint density at radius 2 is 2.17 bits per heavy atom. The first-order valence-corrected chi connectivity index (χ1v) is 8.97. The Balaban J connectivity index is 1.66. The Kier molecular flexibility index (Phi) is 3.91. The number of aromatic nitrogens is 1. The van der Waals surface area contributed by atoms with E-state index in [-0.39, 0.29) is 11.9 Å². The van der Waals surface area contributed by atoms with Crippen molar-refractivity contribution in [3.05, 3.63) is 52.0 Å². The maximum absolute atomic E-state index is 13.0. The summed E-state index contributed by atoms with van der Waals surface area (Å²) >= 11 is 1.45. The predicted octanol–water partition coefficient (Wildman–Crippen LogP) is 3.10. The van der Waals surface area contributed by atoms with Crippen molar-refractivity contribution in [2.45, 2.75) is 25.3 Å². The number of likely N-dealkylation sites (tertiary alicyclic amines) is 1. The van der Waals surface area contributed by atoms with Crippen LogP contribution in [-0.2, 0) is 4.74 Å². The summed E-state index contributed by atoms with van der Waals surface area (Å²) in [6.45, 7) is 4.18. The monoisotopic (exact) mass is 328 g/mol. The van der Waals surface area contributed by atoms with Crippen molar-refractivity contribution in [1.29, 1.82) is 0 Å². The predicted molar refractivity (Wildman–Crippen MR) is 89.8 cm³/mol. The fourth-order valence-corrected chi connectivity index (χ4v) is 4.68. The normalized spacial score (nSPS) is 27.0. The molecule has 4 rings (SSSR count). The molecule has 0 saturated carbocycles. The average Bonchev–Trinajstić information content (AvgIpc) is 3.19. The van der Waals surface area contributed by atoms with E-state index in [1.807, 2.05) is 13.0 Å². The van der Waals surface area contributed by atoms with Crippen LogP contribution in [0.15, 0.2) is 35.8 Å². The highest BCUT2D eigenvalue weighted by Gasteiger charge is 2.46. The lowest BCUT2D eigenvalue weighted by atomic mass is 9.84. The van der Waals surface area contributed by atoms with E-state index in [2.05, 4.69) is 34.1 Å². The SMILES string of the molecule is Cc1ncsc1C(=O)N1C[C@H](c2ccccc2)[C@H]2COCC[C@H]21. The summed E-state index contributed by atoms with van der Waals surface area (Å²) in [6, 6.07) is 10.8. The number of hydrogen-bond donors (Lipinski definition) is 0. The third-order valence-electron chi connectivity index (χ3n) is 5.10. The number of aryl methyl sites for hydroxylation is 1. The van der Waals surface area contributed by atoms with E-state index < -0.39 is 0 Å². The van der Waals surface area contributed by atoms with Crippen LogP contribution in [0.2, 0.25) is 0 Å². The molecule has 1 aromatic heterocycles. The van der Waals surface area contributed by atoms with Crippen LogP contribution in [0.25, 0.3) is 0 Å². The van der Waals surface area contributed by atoms with Crippen LogP contribution in [0.1, 0.15) is 33.3 Å². The Bertz CT molecular complexity index is 700. The molecule has 0 spiro atoms. The minimum atomic E-state index is 0.139. The number of rotatable bonds is 2. The van der Waals surface area contributed by atoms with E-state index in [9.17, 15) is 4.79 Å². The minimum absolute atomic E-state index is 0.139. The zero-order valence-electron chi connectivity index (χ0n) is 13.1. The summed E-state index contributed by atoms with van der Waals surface area (Å²) in [4.78, 5) is 20.1. The highest BCUT2D eigenvalue weighted by atomic mass is 32.1. The minimum Gasteiger partial charge on any atom is -0.381 e. The maximum atomic E-state index is 13.0. The second kappa shape index (κ2) is 6.06. The van der Waals surface area contributed by atoms with Crippen LogP contribution in [-0.4, -0.2) is 41.6 Å². The van der Waals surface area contributed by atoms with Gasteiger partial charge >= 0.3 is 0 Å². The first kappa shape index (κ1) is 14.8. The van der Waals surface area contributed by atoms with Crippen molar-refractivity contribution in [2.24, 2.45) is 5.92 Å². The maximum Gasteiger partial charge on any atom is 0.266 e. The first-order valence-electron chi connectivity index (χ1n) is 8.09. The van der Waals surface area contributed by atoms with Crippen LogP contribution in [0, 0.1) is 12.8 Å². The number of fused-ring (bicyclic) bond motifs is 1. The molecule has 2 saturated heterocycles. The summed E-state index contributed by atoms with van der Waals surface area (Å²) < 4.78 is 5.73. The largest absolute Gasteiger partial charge is 0.381 e. The molecule has 120 valence electrons. The number of carbonyl (C=O) groups is 1. The third kappa shape index (κ3) is 2.58. The molecule has 2 aromatic rings. The van der Waals surface area contributed by atoms with Gasteiger partial charge in [0, 0.05) is 31.0 Å². The number of thiazole rings is 1. The van der Waals surface area contributed by atoms with Gasteiger partial charge in [0.2, 0.25) is 0 Å². The third-order valence-corrected chi connectivity index (χ3v) is 6.02. The van der Waals surface area contributed by atoms with Crippen LogP contribution in [0.4, 0.5) is 0 Å². The van der Waals surface area contributed by atoms with Crippen molar-refractivity contribution >= 4 is 17.2 Å². The van der Waals surface area contributed by atoms with Crippen molar-refractivity contribution in [2.75, 3.05) is 19.8 Å². The molecule has 23 heavy (non-hydrogen) atoms. The number of nitrogens with zero attached hydrogens (tertiary/aromatic N) is 2. The molecule has 4 nitrogen and oxygen atoms in total. The summed E-state index contributed by atoms with van der Waals surface area (Å²) in [5.74, 6) is 0.891. The highest BCUT2D eigenvalue weighted by Crippen LogP contribution is 2.41. The first-order chi connectivity index (χ1) is 11.3. The van der Waals surface area contributed by atoms with Gasteiger partial charge in [0.1, 0.15) is 4.88 Å². The molecule has 0 bridgehead atoms. The van der Waals surface area contributed by atoms with E-state index in [0.717, 1.165) is 36.8 Å². The summed E-state index contributed by atoms with van der Waals surface area (Å²) in [5, 5.41) is 0. The molecule has 5 heteroatoms. The van der Waals surface area contributed by atoms with Crippen molar-refractivity contribution in [3.8, 4) is 0 Å². The van der Waals surface area contributed by atoms with Crippen LogP contribution < -0.4 is 0 Å². The molecule has 2 aliphatic heterocycles. The van der Waals surface area contributed by atoms with Gasteiger partial charge in [-0.15, -0.1) is 11.3 Å². The lowest BCUT2D eigenvalue weighted by Gasteiger charge is -2.32. The Morgan fingerprint density at radius 1 is 1.35 bits per heavy atom. The lowest BCUT2D eigenvalue weighted by molar-refractivity contribution is 0.0190. The highest BCUT2D eigenvalue weighted by molar-refractivity contribution is 7.11. The Labute approximate surface area is 140 Å². The summed E-state index contributed by atoms with van der Waals surface area (Å²) in [6.07, 6.45) is 0.928. The standard InChI is InChI=1S/C18H20N2O2S/c1-12-17(23-11-19-12)18(21)20-9-14(13-5-3-2-4-6-13)15-10-22-8-7-16(15)20/h2-6,11,14-16H,7-10H2,1H3/t14-,15-,16-/m1/s1. The fourth-order valence-electron chi connectivity index (χ4n) is 3.93. The van der Waals surface area contributed by atoms with E-state index in [1.54, 1.807) is 5.51 Å². The molecule has 2 aliphatic rings. The fraction of sp³-hybridized carbons (Fsp3) is 0.444. The van der Waals surface area contributed by atoms with Crippen molar-refractivity contribution < 1.29 is 9.53 Å². The molecule has 2 fully saturated rings. The second-order valence-corrected chi connectivity index (χ2v) is 7.19. The van der Waals surface area contributed by atoms with Gasteiger partial charge < -0.3 is 9.64 Å². The molecule has 0 N–H and O–H groups in total. The molecule has 0 unspecified atom stereocenters. The van der Waals surface area contributed by atoms with E-state index in [0.29, 0.717) is 11.8 Å². The molecule has 1 aromatic carbocycles. The average molecular weight is 328 g/mol.